The zero-order chi connectivity index (χ0) is 16.6. The summed E-state index contributed by atoms with van der Waals surface area (Å²) in [5.41, 5.74) is 1.41. The Balaban J connectivity index is 1.75. The molecule has 1 aliphatic heterocycles. The third kappa shape index (κ3) is 3.42. The first-order valence-corrected chi connectivity index (χ1v) is 8.37. The van der Waals surface area contributed by atoms with E-state index in [1.807, 2.05) is 25.1 Å². The number of allylic oxidation sites excluding steroid dienone is 1. The topological polar surface area (TPSA) is 45.6 Å². The van der Waals surface area contributed by atoms with Crippen LogP contribution in [-0.4, -0.2) is 28.3 Å². The summed E-state index contributed by atoms with van der Waals surface area (Å²) in [5, 5.41) is 10.0. The first kappa shape index (κ1) is 16.1. The minimum Gasteiger partial charge on any atom is -0.492 e. The van der Waals surface area contributed by atoms with Crippen LogP contribution in [0.5, 0.6) is 5.75 Å². The molecule has 0 radical (unpaired) electrons. The number of aliphatic hydroxyl groups is 1. The summed E-state index contributed by atoms with van der Waals surface area (Å²) in [6.07, 6.45) is 8.35. The van der Waals surface area contributed by atoms with E-state index in [1.54, 1.807) is 6.20 Å². The highest BCUT2D eigenvalue weighted by atomic mass is 16.5. The van der Waals surface area contributed by atoms with E-state index in [0.29, 0.717) is 12.5 Å². The molecule has 1 aliphatic carbocycles. The van der Waals surface area contributed by atoms with Crippen molar-refractivity contribution < 1.29 is 9.84 Å². The summed E-state index contributed by atoms with van der Waals surface area (Å²) in [6.45, 7) is 11.1. The minimum absolute atomic E-state index is 0.265. The molecule has 2 heterocycles. The van der Waals surface area contributed by atoms with Crippen LogP contribution in [0.15, 0.2) is 30.6 Å². The van der Waals surface area contributed by atoms with Crippen LogP contribution in [0.4, 0.5) is 5.82 Å². The molecule has 0 saturated heterocycles. The molecule has 0 aromatic carbocycles. The highest BCUT2D eigenvalue weighted by Crippen LogP contribution is 2.42. The van der Waals surface area contributed by atoms with Crippen LogP contribution in [0.1, 0.15) is 45.6 Å². The van der Waals surface area contributed by atoms with Gasteiger partial charge in [-0.1, -0.05) is 20.4 Å². The number of hydrogen-bond acceptors (Lipinski definition) is 4. The van der Waals surface area contributed by atoms with Crippen molar-refractivity contribution in [1.82, 2.24) is 4.98 Å². The second-order valence-electron chi connectivity index (χ2n) is 7.37. The number of pyridine rings is 1. The van der Waals surface area contributed by atoms with Gasteiger partial charge < -0.3 is 14.7 Å². The van der Waals surface area contributed by atoms with Gasteiger partial charge in [0.2, 0.25) is 0 Å². The lowest BCUT2D eigenvalue weighted by molar-refractivity contribution is -0.0294. The smallest absolute Gasteiger partial charge is 0.140 e. The highest BCUT2D eigenvalue weighted by Gasteiger charge is 2.43. The number of ether oxygens (including phenoxy) is 1. The van der Waals surface area contributed by atoms with E-state index >= 15 is 0 Å². The molecule has 0 atom stereocenters. The quantitative estimate of drug-likeness (QED) is 0.898. The molecule has 0 unspecified atom stereocenters. The summed E-state index contributed by atoms with van der Waals surface area (Å²) in [4.78, 5) is 6.75. The third-order valence-corrected chi connectivity index (χ3v) is 4.54. The zero-order valence-electron chi connectivity index (χ0n) is 14.2. The van der Waals surface area contributed by atoms with E-state index in [4.69, 9.17) is 4.74 Å². The molecule has 1 aromatic heterocycles. The van der Waals surface area contributed by atoms with Crippen molar-refractivity contribution in [1.29, 1.82) is 0 Å². The second-order valence-corrected chi connectivity index (χ2v) is 7.37. The van der Waals surface area contributed by atoms with E-state index in [2.05, 4.69) is 30.3 Å². The fourth-order valence-corrected chi connectivity index (χ4v) is 3.22. The molecule has 0 amide bonds. The van der Waals surface area contributed by atoms with Crippen molar-refractivity contribution in [2.75, 3.05) is 11.5 Å². The van der Waals surface area contributed by atoms with Crippen molar-refractivity contribution in [3.63, 3.8) is 0 Å². The van der Waals surface area contributed by atoms with Gasteiger partial charge in [-0.15, -0.1) is 0 Å². The van der Waals surface area contributed by atoms with Crippen LogP contribution < -0.4 is 9.64 Å². The summed E-state index contributed by atoms with van der Waals surface area (Å²) < 4.78 is 5.80. The molecule has 0 spiro atoms. The molecule has 4 nitrogen and oxygen atoms in total. The van der Waals surface area contributed by atoms with Crippen molar-refractivity contribution in [3.05, 3.63) is 36.2 Å². The fraction of sp³-hybridized carbons (Fsp3) is 0.526. The van der Waals surface area contributed by atoms with Gasteiger partial charge in [0.15, 0.2) is 0 Å². The monoisotopic (exact) mass is 314 g/mol. The Morgan fingerprint density at radius 2 is 2.17 bits per heavy atom. The van der Waals surface area contributed by atoms with Gasteiger partial charge in [-0.2, -0.15) is 0 Å². The lowest BCUT2D eigenvalue weighted by atomic mass is 9.76. The highest BCUT2D eigenvalue weighted by molar-refractivity contribution is 5.74. The van der Waals surface area contributed by atoms with Crippen molar-refractivity contribution in [2.45, 2.75) is 51.7 Å². The molecule has 2 aliphatic rings. The van der Waals surface area contributed by atoms with Crippen LogP contribution in [0.3, 0.4) is 0 Å². The number of rotatable bonds is 5. The molecule has 1 N–H and O–H groups in total. The van der Waals surface area contributed by atoms with Gasteiger partial charge in [-0.25, -0.2) is 4.98 Å². The van der Waals surface area contributed by atoms with Gasteiger partial charge in [0.1, 0.15) is 11.6 Å². The fourth-order valence-electron chi connectivity index (χ4n) is 3.22. The molecule has 1 aromatic rings. The molecular formula is C19H26N2O2. The van der Waals surface area contributed by atoms with Gasteiger partial charge in [0, 0.05) is 17.3 Å². The van der Waals surface area contributed by atoms with Gasteiger partial charge in [-0.3, -0.25) is 0 Å². The van der Waals surface area contributed by atoms with Crippen LogP contribution in [-0.2, 0) is 0 Å². The number of fused-ring (bicyclic) bond motifs is 1. The zero-order valence-corrected chi connectivity index (χ0v) is 14.2. The first-order chi connectivity index (χ1) is 10.9. The summed E-state index contributed by atoms with van der Waals surface area (Å²) >= 11 is 0. The molecule has 4 heteroatoms. The largest absolute Gasteiger partial charge is 0.492 e. The molecule has 0 bridgehead atoms. The van der Waals surface area contributed by atoms with Crippen molar-refractivity contribution >= 4 is 11.9 Å². The first-order valence-electron chi connectivity index (χ1n) is 8.37. The average molecular weight is 314 g/mol. The SMILES string of the molecule is C=C1C=Cc2cc(OCCC(C)C)cnc2N1C1CC(C)(O)C1. The van der Waals surface area contributed by atoms with E-state index in [9.17, 15) is 5.11 Å². The van der Waals surface area contributed by atoms with Crippen LogP contribution in [0.25, 0.3) is 6.08 Å². The molecule has 23 heavy (non-hydrogen) atoms. The Labute approximate surface area is 138 Å². The Morgan fingerprint density at radius 1 is 1.43 bits per heavy atom. The van der Waals surface area contributed by atoms with Gasteiger partial charge in [0.05, 0.1) is 18.4 Å². The number of anilines is 1. The van der Waals surface area contributed by atoms with Gasteiger partial charge in [-0.05, 0) is 50.3 Å². The predicted molar refractivity (Wildman–Crippen MR) is 93.5 cm³/mol. The molecular weight excluding hydrogens is 288 g/mol. The van der Waals surface area contributed by atoms with E-state index in [0.717, 1.165) is 42.1 Å². The maximum absolute atomic E-state index is 10.0. The van der Waals surface area contributed by atoms with E-state index in [-0.39, 0.29) is 6.04 Å². The van der Waals surface area contributed by atoms with Crippen molar-refractivity contribution in [3.8, 4) is 5.75 Å². The molecule has 3 rings (SSSR count). The summed E-state index contributed by atoms with van der Waals surface area (Å²) in [6, 6.07) is 2.30. The lowest BCUT2D eigenvalue weighted by Crippen LogP contribution is -2.53. The number of nitrogens with zero attached hydrogens (tertiary/aromatic N) is 2. The molecule has 1 saturated carbocycles. The minimum atomic E-state index is -0.563. The summed E-state index contributed by atoms with van der Waals surface area (Å²) in [7, 11) is 0. The Kier molecular flexibility index (Phi) is 4.19. The van der Waals surface area contributed by atoms with Gasteiger partial charge >= 0.3 is 0 Å². The average Bonchev–Trinajstić information content (AvgIpc) is 2.44. The molecule has 1 fully saturated rings. The van der Waals surface area contributed by atoms with Gasteiger partial charge in [0.25, 0.3) is 0 Å². The Hall–Kier alpha value is -1.81. The van der Waals surface area contributed by atoms with Crippen LogP contribution >= 0.6 is 0 Å². The van der Waals surface area contributed by atoms with Crippen LogP contribution in [0, 0.1) is 5.92 Å². The second kappa shape index (κ2) is 6.00. The van der Waals surface area contributed by atoms with Crippen LogP contribution in [0.2, 0.25) is 0 Å². The Morgan fingerprint density at radius 3 is 2.83 bits per heavy atom. The third-order valence-electron chi connectivity index (χ3n) is 4.54. The maximum Gasteiger partial charge on any atom is 0.140 e. The standard InChI is InChI=1S/C19H26N2O2/c1-13(2)7-8-23-17-9-15-6-5-14(3)21(18(15)20-12-17)16-10-19(4,22)11-16/h5-6,9,12-13,16,22H,3,7-8,10-11H2,1-2,4H3. The summed E-state index contributed by atoms with van der Waals surface area (Å²) in [5.74, 6) is 2.35. The van der Waals surface area contributed by atoms with E-state index in [1.165, 1.54) is 0 Å². The molecule has 124 valence electrons. The number of hydrogen-bond donors (Lipinski definition) is 1. The Bertz CT molecular complexity index is 626. The maximum atomic E-state index is 10.0. The van der Waals surface area contributed by atoms with E-state index < -0.39 is 5.60 Å². The predicted octanol–water partition coefficient (Wildman–Crippen LogP) is 3.77. The number of aromatic nitrogens is 1. The normalized spacial score (nSPS) is 26.2. The lowest BCUT2D eigenvalue weighted by Gasteiger charge is -2.48. The van der Waals surface area contributed by atoms with Crippen molar-refractivity contribution in [2.24, 2.45) is 5.92 Å².